The molecule has 17 heavy (non-hydrogen) atoms. The van der Waals surface area contributed by atoms with Gasteiger partial charge in [0.1, 0.15) is 0 Å². The second-order valence-electron chi connectivity index (χ2n) is 2.60. The van der Waals surface area contributed by atoms with Crippen LogP contribution in [0, 0.1) is 6.92 Å². The molecule has 0 bridgehead atoms. The van der Waals surface area contributed by atoms with Crippen LogP contribution in [0.5, 0.6) is 0 Å². The Labute approximate surface area is 118 Å². The Balaban J connectivity index is -0.000000248. The van der Waals surface area contributed by atoms with E-state index in [2.05, 4.69) is 43.3 Å². The minimum absolute atomic E-state index is 0. The van der Waals surface area contributed by atoms with Gasteiger partial charge < -0.3 is 15.3 Å². The molecule has 2 rings (SSSR count). The topological polar surface area (TPSA) is 69.2 Å². The number of aryl methyl sites for hydroxylation is 1. The summed E-state index contributed by atoms with van der Waals surface area (Å²) in [4.78, 5) is 0. The van der Waals surface area contributed by atoms with E-state index in [4.69, 9.17) is 15.3 Å². The van der Waals surface area contributed by atoms with Crippen LogP contribution in [0.4, 0.5) is 0 Å². The van der Waals surface area contributed by atoms with Crippen LogP contribution in [0.3, 0.4) is 0 Å². The molecule has 0 aromatic heterocycles. The molecule has 0 spiro atoms. The van der Waals surface area contributed by atoms with Crippen LogP contribution >= 0.6 is 0 Å². The van der Waals surface area contributed by atoms with Crippen LogP contribution in [-0.2, 0) is 21.7 Å². The predicted molar refractivity (Wildman–Crippen MR) is 62.1 cm³/mol. The molecule has 4 heteroatoms. The van der Waals surface area contributed by atoms with E-state index in [1.807, 2.05) is 0 Å². The van der Waals surface area contributed by atoms with Crippen LogP contribution in [-0.4, -0.2) is 21.3 Å². The summed E-state index contributed by atoms with van der Waals surface area (Å²) < 4.78 is 0. The molecule has 0 unspecified atom stereocenters. The number of hydrogen-bond donors (Lipinski definition) is 0. The van der Waals surface area contributed by atoms with Crippen LogP contribution in [0.2, 0.25) is 0 Å². The van der Waals surface area contributed by atoms with Crippen LogP contribution in [0.15, 0.2) is 36.4 Å². The van der Waals surface area contributed by atoms with Crippen molar-refractivity contribution >= 4 is 10.8 Å². The number of fused-ring (bicyclic) bond motifs is 1. The van der Waals surface area contributed by atoms with E-state index in [1.165, 1.54) is 16.3 Å². The van der Waals surface area contributed by atoms with Crippen molar-refractivity contribution < 1.29 is 37.0 Å². The van der Waals surface area contributed by atoms with Gasteiger partial charge in [0.25, 0.3) is 0 Å². The zero-order valence-corrected chi connectivity index (χ0v) is 12.3. The Morgan fingerprint density at radius 2 is 1.41 bits per heavy atom. The second kappa shape index (κ2) is 15.4. The second-order valence-corrected chi connectivity index (χ2v) is 2.60. The Hall–Kier alpha value is -0.576. The van der Waals surface area contributed by atoms with E-state index >= 15 is 0 Å². The summed E-state index contributed by atoms with van der Waals surface area (Å²) in [7, 11) is 2.25. The Bertz CT molecular complexity index is 358. The average Bonchev–Trinajstić information content (AvgIpc) is 2.87. The van der Waals surface area contributed by atoms with Gasteiger partial charge in [-0.15, -0.1) is 29.0 Å². The third-order valence-corrected chi connectivity index (χ3v) is 1.90. The fourth-order valence-corrected chi connectivity index (χ4v) is 1.32. The SMILES string of the molecule is C[O-].C[O-].C[O-].Cc1cccc2[cH-]ccc12.[Ti+4]. The molecule has 0 aliphatic carbocycles. The molecule has 0 amide bonds. The summed E-state index contributed by atoms with van der Waals surface area (Å²) >= 11 is 0. The third-order valence-electron chi connectivity index (χ3n) is 1.90. The summed E-state index contributed by atoms with van der Waals surface area (Å²) in [5.74, 6) is 0. The number of rotatable bonds is 0. The monoisotopic (exact) mass is 270 g/mol. The molecule has 92 valence electrons. The van der Waals surface area contributed by atoms with Crippen LogP contribution in [0.1, 0.15) is 5.56 Å². The molecule has 0 aliphatic heterocycles. The Morgan fingerprint density at radius 1 is 0.882 bits per heavy atom. The van der Waals surface area contributed by atoms with Gasteiger partial charge in [-0.25, -0.2) is 0 Å². The van der Waals surface area contributed by atoms with Crippen molar-refractivity contribution in [1.82, 2.24) is 0 Å². The van der Waals surface area contributed by atoms with Crippen molar-refractivity contribution in [1.29, 1.82) is 0 Å². The van der Waals surface area contributed by atoms with Crippen molar-refractivity contribution in [2.24, 2.45) is 0 Å². The molecule has 0 N–H and O–H groups in total. The fraction of sp³-hybridized carbons (Fsp3) is 0.308. The van der Waals surface area contributed by atoms with Gasteiger partial charge in [-0.3, -0.25) is 0 Å². The first kappa shape index (κ1) is 21.7. The van der Waals surface area contributed by atoms with Crippen molar-refractivity contribution in [3.05, 3.63) is 42.0 Å². The van der Waals surface area contributed by atoms with Gasteiger partial charge in [-0.05, 0) is 6.92 Å². The molecule has 0 atom stereocenters. The summed E-state index contributed by atoms with van der Waals surface area (Å²) in [6.07, 6.45) is 0. The molecule has 0 fully saturated rings. The fourth-order valence-electron chi connectivity index (χ4n) is 1.32. The van der Waals surface area contributed by atoms with E-state index in [0.29, 0.717) is 0 Å². The maximum absolute atomic E-state index is 8.25. The molecule has 3 nitrogen and oxygen atoms in total. The van der Waals surface area contributed by atoms with Gasteiger partial charge in [-0.2, -0.15) is 33.5 Å². The zero-order chi connectivity index (χ0) is 13.0. The first-order chi connectivity index (χ1) is 7.88. The molecule has 0 saturated carbocycles. The van der Waals surface area contributed by atoms with Crippen LogP contribution < -0.4 is 15.3 Å². The quantitative estimate of drug-likeness (QED) is 0.491. The molecule has 0 heterocycles. The first-order valence-electron chi connectivity index (χ1n) is 4.71. The maximum Gasteiger partial charge on any atom is 4.00 e. The molecule has 2 aromatic carbocycles. The van der Waals surface area contributed by atoms with E-state index in [-0.39, 0.29) is 21.7 Å². The average molecular weight is 270 g/mol. The third kappa shape index (κ3) is 7.37. The minimum atomic E-state index is 0. The summed E-state index contributed by atoms with van der Waals surface area (Å²) in [6.45, 7) is 2.14. The van der Waals surface area contributed by atoms with E-state index in [9.17, 15) is 0 Å². The van der Waals surface area contributed by atoms with Gasteiger partial charge in [0, 0.05) is 0 Å². The van der Waals surface area contributed by atoms with Crippen molar-refractivity contribution in [2.75, 3.05) is 21.3 Å². The molecule has 0 aliphatic rings. The molecular weight excluding hydrogens is 252 g/mol. The van der Waals surface area contributed by atoms with Crippen molar-refractivity contribution in [3.63, 3.8) is 0 Å². The van der Waals surface area contributed by atoms with Crippen molar-refractivity contribution in [2.45, 2.75) is 6.92 Å². The zero-order valence-electron chi connectivity index (χ0n) is 10.7. The smallest absolute Gasteiger partial charge is 0.857 e. The van der Waals surface area contributed by atoms with Gasteiger partial charge in [0.15, 0.2) is 0 Å². The van der Waals surface area contributed by atoms with Crippen molar-refractivity contribution in [3.8, 4) is 0 Å². The predicted octanol–water partition coefficient (Wildman–Crippen LogP) is -0.206. The Kier molecular flexibility index (Phi) is 19.7. The summed E-state index contributed by atoms with van der Waals surface area (Å²) in [5.41, 5.74) is 1.36. The molecule has 0 saturated heterocycles. The van der Waals surface area contributed by atoms with Gasteiger partial charge in [0.05, 0.1) is 0 Å². The molecule has 2 aromatic rings. The van der Waals surface area contributed by atoms with E-state index in [0.717, 1.165) is 21.3 Å². The Morgan fingerprint density at radius 3 is 1.88 bits per heavy atom. The summed E-state index contributed by atoms with van der Waals surface area (Å²) in [6, 6.07) is 12.8. The first-order valence-corrected chi connectivity index (χ1v) is 4.71. The van der Waals surface area contributed by atoms with E-state index in [1.54, 1.807) is 0 Å². The largest absolute Gasteiger partial charge is 4.00 e. The molecule has 0 radical (unpaired) electrons. The van der Waals surface area contributed by atoms with E-state index < -0.39 is 0 Å². The maximum atomic E-state index is 8.25. The standard InChI is InChI=1S/C10H9.3CH3O.Ti/c1-8-4-2-5-9-6-3-7-10(8)9;3*1-2;/h2-7H,1H3;3*1H3;/q4*-1;+4. The number of benzene rings is 1. The number of hydrogen-bond acceptors (Lipinski definition) is 3. The normalized spacial score (nSPS) is 7.24. The van der Waals surface area contributed by atoms with Gasteiger partial charge >= 0.3 is 21.7 Å². The molecular formula is C13H18O3Ti. The minimum Gasteiger partial charge on any atom is -0.857 e. The summed E-state index contributed by atoms with van der Waals surface area (Å²) in [5, 5.41) is 27.5. The van der Waals surface area contributed by atoms with Gasteiger partial charge in [-0.1, -0.05) is 11.6 Å². The van der Waals surface area contributed by atoms with Gasteiger partial charge in [0.2, 0.25) is 0 Å². The van der Waals surface area contributed by atoms with Crippen LogP contribution in [0.25, 0.3) is 10.8 Å².